The molecule has 0 saturated heterocycles. The molecule has 0 aliphatic heterocycles. The number of likely N-dealkylation sites (N-methyl/N-ethyl adjacent to an activating group) is 1. The predicted molar refractivity (Wildman–Crippen MR) is 128 cm³/mol. The van der Waals surface area contributed by atoms with Crippen LogP contribution in [0.4, 0.5) is 0 Å². The molecule has 2 aliphatic carbocycles. The van der Waals surface area contributed by atoms with Crippen LogP contribution in [-0.2, 0) is 29.3 Å². The number of sulfonamides is 1. The van der Waals surface area contributed by atoms with Gasteiger partial charge >= 0.3 is 0 Å². The highest BCUT2D eigenvalue weighted by Gasteiger charge is 2.29. The normalized spacial score (nSPS) is 21.1. The highest BCUT2D eigenvalue weighted by molar-refractivity contribution is 7.89. The van der Waals surface area contributed by atoms with Crippen LogP contribution in [0.1, 0.15) is 60.8 Å². The molecule has 31 heavy (non-hydrogen) atoms. The van der Waals surface area contributed by atoms with E-state index in [9.17, 15) is 8.42 Å². The van der Waals surface area contributed by atoms with Gasteiger partial charge in [0.25, 0.3) is 0 Å². The minimum atomic E-state index is -3.10. The molecule has 0 radical (unpaired) electrons. The van der Waals surface area contributed by atoms with E-state index >= 15 is 0 Å². The lowest BCUT2D eigenvalue weighted by molar-refractivity contribution is 0.392. The SMILES string of the molecule is CCNC1CCc2ccc(CCCNS(=O)(=O)CC3CC3)cc2C1Cc1ccccc1. The van der Waals surface area contributed by atoms with Crippen LogP contribution in [0.15, 0.2) is 48.5 Å². The molecule has 4 rings (SSSR count). The molecule has 168 valence electrons. The van der Waals surface area contributed by atoms with E-state index in [1.165, 1.54) is 28.7 Å². The Hall–Kier alpha value is -1.69. The number of fused-ring (bicyclic) bond motifs is 1. The summed E-state index contributed by atoms with van der Waals surface area (Å²) >= 11 is 0. The zero-order valence-electron chi connectivity index (χ0n) is 18.6. The largest absolute Gasteiger partial charge is 0.314 e. The van der Waals surface area contributed by atoms with Crippen molar-refractivity contribution in [3.05, 3.63) is 70.8 Å². The van der Waals surface area contributed by atoms with Crippen LogP contribution in [0.3, 0.4) is 0 Å². The van der Waals surface area contributed by atoms with E-state index < -0.39 is 10.0 Å². The van der Waals surface area contributed by atoms with Crippen LogP contribution in [-0.4, -0.2) is 33.3 Å². The van der Waals surface area contributed by atoms with Crippen molar-refractivity contribution in [3.63, 3.8) is 0 Å². The van der Waals surface area contributed by atoms with Gasteiger partial charge < -0.3 is 5.32 Å². The van der Waals surface area contributed by atoms with Gasteiger partial charge in [0.2, 0.25) is 10.0 Å². The van der Waals surface area contributed by atoms with Gasteiger partial charge in [-0.05, 0) is 79.7 Å². The molecule has 0 heterocycles. The molecule has 2 aromatic rings. The van der Waals surface area contributed by atoms with Crippen LogP contribution in [0.25, 0.3) is 0 Å². The van der Waals surface area contributed by atoms with Gasteiger partial charge in [-0.15, -0.1) is 0 Å². The average Bonchev–Trinajstić information content (AvgIpc) is 3.57. The van der Waals surface area contributed by atoms with Crippen molar-refractivity contribution < 1.29 is 8.42 Å². The molecule has 1 saturated carbocycles. The fourth-order valence-corrected chi connectivity index (χ4v) is 6.43. The van der Waals surface area contributed by atoms with Crippen LogP contribution < -0.4 is 10.0 Å². The standard InChI is InChI=1S/C26H36N2O2S/c1-2-27-26-15-14-23-13-12-21(9-6-16-28-31(29,30)19-22-10-11-22)17-24(23)25(26)18-20-7-4-3-5-8-20/h3-5,7-8,12-13,17,22,25-28H,2,6,9-11,14-16,18-19H2,1H3. The second-order valence-electron chi connectivity index (χ2n) is 9.25. The Morgan fingerprint density at radius 2 is 1.81 bits per heavy atom. The molecule has 0 bridgehead atoms. The summed E-state index contributed by atoms with van der Waals surface area (Å²) in [6, 6.07) is 18.2. The van der Waals surface area contributed by atoms with Crippen molar-refractivity contribution in [2.24, 2.45) is 5.92 Å². The summed E-state index contributed by atoms with van der Waals surface area (Å²) in [6.07, 6.45) is 7.23. The quantitative estimate of drug-likeness (QED) is 0.515. The number of aryl methyl sites for hydroxylation is 2. The van der Waals surface area contributed by atoms with Gasteiger partial charge in [-0.1, -0.05) is 55.5 Å². The van der Waals surface area contributed by atoms with E-state index in [-0.39, 0.29) is 0 Å². The number of hydrogen-bond donors (Lipinski definition) is 2. The van der Waals surface area contributed by atoms with Gasteiger partial charge in [-0.2, -0.15) is 0 Å². The van der Waals surface area contributed by atoms with E-state index in [4.69, 9.17) is 0 Å². The third-order valence-electron chi connectivity index (χ3n) is 6.70. The molecule has 2 unspecified atom stereocenters. The van der Waals surface area contributed by atoms with Crippen molar-refractivity contribution in [2.75, 3.05) is 18.8 Å². The number of hydrogen-bond acceptors (Lipinski definition) is 3. The third-order valence-corrected chi connectivity index (χ3v) is 8.26. The smallest absolute Gasteiger partial charge is 0.211 e. The first kappa shape index (κ1) is 22.5. The molecule has 0 amide bonds. The molecule has 2 aliphatic rings. The van der Waals surface area contributed by atoms with Crippen molar-refractivity contribution in [3.8, 4) is 0 Å². The zero-order valence-corrected chi connectivity index (χ0v) is 19.5. The monoisotopic (exact) mass is 440 g/mol. The van der Waals surface area contributed by atoms with Gasteiger partial charge in [0.1, 0.15) is 0 Å². The summed E-state index contributed by atoms with van der Waals surface area (Å²) in [4.78, 5) is 0. The molecule has 2 atom stereocenters. The van der Waals surface area contributed by atoms with Crippen LogP contribution >= 0.6 is 0 Å². The van der Waals surface area contributed by atoms with Crippen molar-refractivity contribution in [2.45, 2.75) is 63.8 Å². The minimum absolute atomic E-state index is 0.304. The fraction of sp³-hybridized carbons (Fsp3) is 0.538. The Morgan fingerprint density at radius 3 is 2.55 bits per heavy atom. The van der Waals surface area contributed by atoms with Crippen molar-refractivity contribution >= 4 is 10.0 Å². The molecule has 4 nitrogen and oxygen atoms in total. The van der Waals surface area contributed by atoms with E-state index in [1.807, 2.05) is 0 Å². The van der Waals surface area contributed by atoms with Crippen molar-refractivity contribution in [1.82, 2.24) is 10.0 Å². The molecule has 0 aromatic heterocycles. The molecule has 1 fully saturated rings. The van der Waals surface area contributed by atoms with Crippen LogP contribution in [0.2, 0.25) is 0 Å². The molecular formula is C26H36N2O2S. The molecular weight excluding hydrogens is 404 g/mol. The Bertz CT molecular complexity index is 955. The summed E-state index contributed by atoms with van der Waals surface area (Å²) < 4.78 is 27.0. The summed E-state index contributed by atoms with van der Waals surface area (Å²) in [5, 5.41) is 3.73. The van der Waals surface area contributed by atoms with E-state index in [0.29, 0.717) is 30.2 Å². The first-order chi connectivity index (χ1) is 15.0. The van der Waals surface area contributed by atoms with Crippen LogP contribution in [0.5, 0.6) is 0 Å². The summed E-state index contributed by atoms with van der Waals surface area (Å²) in [7, 11) is -3.10. The maximum atomic E-state index is 12.1. The second-order valence-corrected chi connectivity index (χ2v) is 11.1. The highest BCUT2D eigenvalue weighted by Crippen LogP contribution is 2.35. The summed E-state index contributed by atoms with van der Waals surface area (Å²) in [5.74, 6) is 1.17. The molecule has 2 N–H and O–H groups in total. The summed E-state index contributed by atoms with van der Waals surface area (Å²) in [5.41, 5.74) is 5.66. The lowest BCUT2D eigenvalue weighted by Crippen LogP contribution is -2.39. The van der Waals surface area contributed by atoms with Crippen LogP contribution in [0, 0.1) is 5.92 Å². The molecule has 2 aromatic carbocycles. The fourth-order valence-electron chi connectivity index (χ4n) is 4.90. The lowest BCUT2D eigenvalue weighted by atomic mass is 9.75. The third kappa shape index (κ3) is 6.41. The number of nitrogens with one attached hydrogen (secondary N) is 2. The lowest BCUT2D eigenvalue weighted by Gasteiger charge is -2.35. The van der Waals surface area contributed by atoms with E-state index in [0.717, 1.165) is 45.1 Å². The maximum Gasteiger partial charge on any atom is 0.211 e. The Balaban J connectivity index is 1.42. The Kier molecular flexibility index (Phi) is 7.47. The van der Waals surface area contributed by atoms with Gasteiger partial charge in [0, 0.05) is 18.5 Å². The first-order valence-electron chi connectivity index (χ1n) is 11.9. The zero-order chi connectivity index (χ0) is 21.7. The number of benzene rings is 2. The number of rotatable bonds is 11. The highest BCUT2D eigenvalue weighted by atomic mass is 32.2. The minimum Gasteiger partial charge on any atom is -0.314 e. The van der Waals surface area contributed by atoms with Gasteiger partial charge in [-0.3, -0.25) is 0 Å². The average molecular weight is 441 g/mol. The topological polar surface area (TPSA) is 58.2 Å². The molecule has 5 heteroatoms. The predicted octanol–water partition coefficient (Wildman–Crippen LogP) is 4.20. The van der Waals surface area contributed by atoms with Crippen molar-refractivity contribution in [1.29, 1.82) is 0 Å². The molecule has 0 spiro atoms. The Labute approximate surface area is 187 Å². The summed E-state index contributed by atoms with van der Waals surface area (Å²) in [6.45, 7) is 3.71. The van der Waals surface area contributed by atoms with E-state index in [1.54, 1.807) is 0 Å². The Morgan fingerprint density at radius 1 is 1.00 bits per heavy atom. The maximum absolute atomic E-state index is 12.1. The second kappa shape index (κ2) is 10.3. The van der Waals surface area contributed by atoms with Gasteiger partial charge in [0.05, 0.1) is 5.75 Å². The van der Waals surface area contributed by atoms with E-state index in [2.05, 4.69) is 65.5 Å². The van der Waals surface area contributed by atoms with Gasteiger partial charge in [0.15, 0.2) is 0 Å². The van der Waals surface area contributed by atoms with Gasteiger partial charge in [-0.25, -0.2) is 13.1 Å². The first-order valence-corrected chi connectivity index (χ1v) is 13.6.